The van der Waals surface area contributed by atoms with E-state index in [1.807, 2.05) is 0 Å². The van der Waals surface area contributed by atoms with Crippen molar-refractivity contribution in [2.45, 2.75) is 19.8 Å². The van der Waals surface area contributed by atoms with Crippen molar-refractivity contribution in [3.8, 4) is 0 Å². The molecule has 104 valence electrons. The third-order valence-electron chi connectivity index (χ3n) is 2.31. The van der Waals surface area contributed by atoms with Gasteiger partial charge in [-0.3, -0.25) is 0 Å². The Hall–Kier alpha value is -1.98. The van der Waals surface area contributed by atoms with Crippen LogP contribution in [0.15, 0.2) is 23.9 Å². The van der Waals surface area contributed by atoms with E-state index in [2.05, 4.69) is 4.74 Å². The summed E-state index contributed by atoms with van der Waals surface area (Å²) in [6.45, 7) is 2.35. The fourth-order valence-corrected chi connectivity index (χ4v) is 1.48. The number of carbonyl (C=O) groups excluding carboxylic acids is 1. The molecule has 0 aliphatic heterocycles. The van der Waals surface area contributed by atoms with Crippen LogP contribution >= 0.6 is 0 Å². The largest absolute Gasteiger partial charge is 0.461 e. The van der Waals surface area contributed by atoms with Crippen LogP contribution in [0, 0.1) is 5.82 Å². The van der Waals surface area contributed by atoms with E-state index in [0.29, 0.717) is 13.0 Å². The zero-order valence-electron chi connectivity index (χ0n) is 10.5. The third-order valence-corrected chi connectivity index (χ3v) is 2.31. The van der Waals surface area contributed by atoms with E-state index in [4.69, 9.17) is 5.73 Å². The molecule has 0 saturated carbocycles. The van der Waals surface area contributed by atoms with E-state index in [0.717, 1.165) is 18.2 Å². The van der Waals surface area contributed by atoms with Crippen molar-refractivity contribution in [2.24, 2.45) is 5.73 Å². The molecular formula is C13H14F3NO2. The fourth-order valence-electron chi connectivity index (χ4n) is 1.48. The summed E-state index contributed by atoms with van der Waals surface area (Å²) in [5, 5.41) is 0. The first-order valence-corrected chi connectivity index (χ1v) is 5.58. The summed E-state index contributed by atoms with van der Waals surface area (Å²) in [5.41, 5.74) is 4.54. The van der Waals surface area contributed by atoms with Gasteiger partial charge in [0.05, 0.1) is 6.61 Å². The van der Waals surface area contributed by atoms with Crippen LogP contribution in [0.5, 0.6) is 0 Å². The number of nitrogens with two attached hydrogens (primary N) is 1. The molecule has 6 heteroatoms. The van der Waals surface area contributed by atoms with Gasteiger partial charge in [0.15, 0.2) is 0 Å². The molecule has 2 N–H and O–H groups in total. The topological polar surface area (TPSA) is 52.3 Å². The summed E-state index contributed by atoms with van der Waals surface area (Å²) in [5.74, 6) is -4.84. The van der Waals surface area contributed by atoms with Crippen molar-refractivity contribution in [1.82, 2.24) is 0 Å². The van der Waals surface area contributed by atoms with Gasteiger partial charge in [-0.1, -0.05) is 6.07 Å². The minimum atomic E-state index is -3.25. The lowest BCUT2D eigenvalue weighted by Gasteiger charge is -2.14. The van der Waals surface area contributed by atoms with Crippen LogP contribution in [0.2, 0.25) is 0 Å². The van der Waals surface area contributed by atoms with Gasteiger partial charge in [0.1, 0.15) is 11.5 Å². The lowest BCUT2D eigenvalue weighted by atomic mass is 10.0. The highest BCUT2D eigenvalue weighted by Gasteiger charge is 2.27. The maximum atomic E-state index is 13.3. The smallest absolute Gasteiger partial charge is 0.354 e. The lowest BCUT2D eigenvalue weighted by Crippen LogP contribution is -2.15. The summed E-state index contributed by atoms with van der Waals surface area (Å²) in [7, 11) is 0. The van der Waals surface area contributed by atoms with Crippen LogP contribution in [0.25, 0.3) is 6.08 Å². The Labute approximate surface area is 108 Å². The molecular weight excluding hydrogens is 259 g/mol. The minimum absolute atomic E-state index is 0.0283. The van der Waals surface area contributed by atoms with Crippen LogP contribution in [0.1, 0.15) is 25.0 Å². The fraction of sp³-hybridized carbons (Fsp3) is 0.308. The van der Waals surface area contributed by atoms with Crippen LogP contribution in [-0.2, 0) is 15.5 Å². The van der Waals surface area contributed by atoms with E-state index in [-0.39, 0.29) is 17.9 Å². The van der Waals surface area contributed by atoms with Gasteiger partial charge >= 0.3 is 5.97 Å². The normalized spacial score (nSPS) is 12.4. The van der Waals surface area contributed by atoms with Crippen molar-refractivity contribution in [1.29, 1.82) is 0 Å². The van der Waals surface area contributed by atoms with Crippen molar-refractivity contribution in [3.63, 3.8) is 0 Å². The SMILES string of the molecule is CCOC(=O)/C(N)=C\c1ccc(F)cc1C(C)(F)F. The van der Waals surface area contributed by atoms with Crippen LogP contribution < -0.4 is 5.73 Å². The van der Waals surface area contributed by atoms with Gasteiger partial charge in [-0.15, -0.1) is 0 Å². The maximum Gasteiger partial charge on any atom is 0.354 e. The number of hydrogen-bond donors (Lipinski definition) is 1. The van der Waals surface area contributed by atoms with Crippen molar-refractivity contribution >= 4 is 12.0 Å². The summed E-state index contributed by atoms with van der Waals surface area (Å²) in [6.07, 6.45) is 1.05. The monoisotopic (exact) mass is 273 g/mol. The van der Waals surface area contributed by atoms with Gasteiger partial charge < -0.3 is 10.5 Å². The van der Waals surface area contributed by atoms with Gasteiger partial charge in [-0.25, -0.2) is 18.0 Å². The number of alkyl halides is 2. The molecule has 1 rings (SSSR count). The number of hydrogen-bond acceptors (Lipinski definition) is 3. The molecule has 0 aliphatic carbocycles. The standard InChI is InChI=1S/C13H14F3NO2/c1-3-19-12(18)11(17)6-8-4-5-9(14)7-10(8)13(2,15)16/h4-7H,3,17H2,1-2H3/b11-6+. The molecule has 0 aliphatic rings. The highest BCUT2D eigenvalue weighted by Crippen LogP contribution is 2.31. The number of ether oxygens (including phenoxy) is 1. The highest BCUT2D eigenvalue weighted by molar-refractivity contribution is 5.92. The third kappa shape index (κ3) is 4.01. The number of benzene rings is 1. The van der Waals surface area contributed by atoms with E-state index >= 15 is 0 Å². The molecule has 0 radical (unpaired) electrons. The molecule has 0 aromatic heterocycles. The van der Waals surface area contributed by atoms with Gasteiger partial charge in [-0.2, -0.15) is 0 Å². The maximum absolute atomic E-state index is 13.3. The minimum Gasteiger partial charge on any atom is -0.461 e. The average molecular weight is 273 g/mol. The van der Waals surface area contributed by atoms with Gasteiger partial charge in [0, 0.05) is 12.5 Å². The first-order chi connectivity index (χ1) is 8.75. The van der Waals surface area contributed by atoms with E-state index in [9.17, 15) is 18.0 Å². The number of rotatable bonds is 4. The molecule has 1 aromatic carbocycles. The van der Waals surface area contributed by atoms with Crippen LogP contribution in [0.3, 0.4) is 0 Å². The quantitative estimate of drug-likeness (QED) is 0.678. The molecule has 1 aromatic rings. The summed E-state index contributed by atoms with van der Waals surface area (Å²) < 4.78 is 44.3. The second-order valence-electron chi connectivity index (χ2n) is 3.94. The molecule has 3 nitrogen and oxygen atoms in total. The van der Waals surface area contributed by atoms with Crippen molar-refractivity contribution in [3.05, 3.63) is 40.8 Å². The lowest BCUT2D eigenvalue weighted by molar-refractivity contribution is -0.138. The Kier molecular flexibility index (Phi) is 4.58. The van der Waals surface area contributed by atoms with Crippen LogP contribution in [0.4, 0.5) is 13.2 Å². The van der Waals surface area contributed by atoms with E-state index in [1.165, 1.54) is 0 Å². The molecule has 0 saturated heterocycles. The zero-order valence-corrected chi connectivity index (χ0v) is 10.5. The first-order valence-electron chi connectivity index (χ1n) is 5.58. The Bertz CT molecular complexity index is 507. The molecule has 0 spiro atoms. The first kappa shape index (κ1) is 15.1. The average Bonchev–Trinajstić information content (AvgIpc) is 2.30. The second-order valence-corrected chi connectivity index (χ2v) is 3.94. The Morgan fingerprint density at radius 3 is 2.63 bits per heavy atom. The summed E-state index contributed by atoms with van der Waals surface area (Å²) in [4.78, 5) is 11.3. The van der Waals surface area contributed by atoms with Gasteiger partial charge in [0.2, 0.25) is 0 Å². The predicted molar refractivity (Wildman–Crippen MR) is 64.8 cm³/mol. The molecule has 0 atom stereocenters. The Balaban J connectivity index is 3.21. The predicted octanol–water partition coefficient (Wildman–Crippen LogP) is 2.80. The van der Waals surface area contributed by atoms with Crippen LogP contribution in [-0.4, -0.2) is 12.6 Å². The number of carbonyl (C=O) groups is 1. The number of esters is 1. The van der Waals surface area contributed by atoms with E-state index in [1.54, 1.807) is 6.92 Å². The molecule has 0 amide bonds. The molecule has 19 heavy (non-hydrogen) atoms. The number of halogens is 3. The second kappa shape index (κ2) is 5.77. The van der Waals surface area contributed by atoms with Gasteiger partial charge in [-0.05, 0) is 30.7 Å². The van der Waals surface area contributed by atoms with Crippen molar-refractivity contribution < 1.29 is 22.7 Å². The summed E-state index contributed by atoms with van der Waals surface area (Å²) in [6, 6.07) is 2.86. The van der Waals surface area contributed by atoms with Crippen molar-refractivity contribution in [2.75, 3.05) is 6.61 Å². The molecule has 0 bridgehead atoms. The van der Waals surface area contributed by atoms with Gasteiger partial charge in [0.25, 0.3) is 5.92 Å². The Morgan fingerprint density at radius 2 is 2.11 bits per heavy atom. The Morgan fingerprint density at radius 1 is 1.47 bits per heavy atom. The summed E-state index contributed by atoms with van der Waals surface area (Å²) >= 11 is 0. The molecule has 0 unspecified atom stereocenters. The zero-order chi connectivity index (χ0) is 14.6. The highest BCUT2D eigenvalue weighted by atomic mass is 19.3. The molecule has 0 fully saturated rings. The van der Waals surface area contributed by atoms with E-state index < -0.39 is 23.3 Å². The molecule has 0 heterocycles.